The van der Waals surface area contributed by atoms with E-state index in [1.807, 2.05) is 12.1 Å². The lowest BCUT2D eigenvalue weighted by atomic mass is 10.0. The number of ether oxygens (including phenoxy) is 1. The van der Waals surface area contributed by atoms with E-state index < -0.39 is 0 Å². The van der Waals surface area contributed by atoms with Gasteiger partial charge in [-0.1, -0.05) is 6.92 Å². The van der Waals surface area contributed by atoms with Crippen LogP contribution in [0.4, 0.5) is 0 Å². The molecule has 2 rings (SSSR count). The van der Waals surface area contributed by atoms with Crippen LogP contribution in [0, 0.1) is 17.2 Å². The molecule has 0 amide bonds. The molecule has 1 aromatic rings. The topological polar surface area (TPSA) is 36.3 Å². The molecule has 1 unspecified atom stereocenters. The van der Waals surface area contributed by atoms with Gasteiger partial charge in [0.05, 0.1) is 11.6 Å². The predicted octanol–water partition coefficient (Wildman–Crippen LogP) is 3.06. The van der Waals surface area contributed by atoms with Gasteiger partial charge in [0.1, 0.15) is 12.4 Å². The SMILES string of the molecule is CC1CCCN(CCOc2ccc(C#N)cc2)CC1. The summed E-state index contributed by atoms with van der Waals surface area (Å²) in [6.45, 7) is 6.45. The molecule has 1 aliphatic heterocycles. The number of benzene rings is 1. The van der Waals surface area contributed by atoms with Gasteiger partial charge in [0.15, 0.2) is 0 Å². The Balaban J connectivity index is 1.72. The quantitative estimate of drug-likeness (QED) is 0.832. The maximum absolute atomic E-state index is 8.73. The summed E-state index contributed by atoms with van der Waals surface area (Å²) in [7, 11) is 0. The molecule has 1 aromatic carbocycles. The lowest BCUT2D eigenvalue weighted by molar-refractivity contribution is 0.212. The highest BCUT2D eigenvalue weighted by atomic mass is 16.5. The van der Waals surface area contributed by atoms with Gasteiger partial charge in [0.2, 0.25) is 0 Å². The fourth-order valence-electron chi connectivity index (χ4n) is 2.46. The second kappa shape index (κ2) is 7.16. The molecule has 102 valence electrons. The normalized spacial score (nSPS) is 20.5. The Bertz CT molecular complexity index is 421. The van der Waals surface area contributed by atoms with E-state index in [4.69, 9.17) is 10.00 Å². The van der Waals surface area contributed by atoms with Crippen molar-refractivity contribution in [2.24, 2.45) is 5.92 Å². The van der Waals surface area contributed by atoms with Gasteiger partial charge in [-0.15, -0.1) is 0 Å². The van der Waals surface area contributed by atoms with E-state index >= 15 is 0 Å². The second-order valence-corrected chi connectivity index (χ2v) is 5.36. The highest BCUT2D eigenvalue weighted by molar-refractivity contribution is 5.34. The summed E-state index contributed by atoms with van der Waals surface area (Å²) in [5.74, 6) is 1.71. The van der Waals surface area contributed by atoms with Crippen LogP contribution in [0.5, 0.6) is 5.75 Å². The Kier molecular flexibility index (Phi) is 5.23. The van der Waals surface area contributed by atoms with Gasteiger partial charge in [0.25, 0.3) is 0 Å². The predicted molar refractivity (Wildman–Crippen MR) is 76.1 cm³/mol. The zero-order valence-electron chi connectivity index (χ0n) is 11.6. The van der Waals surface area contributed by atoms with E-state index in [9.17, 15) is 0 Å². The minimum atomic E-state index is 0.675. The van der Waals surface area contributed by atoms with Gasteiger partial charge >= 0.3 is 0 Å². The van der Waals surface area contributed by atoms with Crippen molar-refractivity contribution in [2.75, 3.05) is 26.2 Å². The van der Waals surface area contributed by atoms with E-state index in [-0.39, 0.29) is 0 Å². The molecule has 0 aromatic heterocycles. The molecule has 1 saturated heterocycles. The van der Waals surface area contributed by atoms with Crippen molar-refractivity contribution < 1.29 is 4.74 Å². The molecule has 3 nitrogen and oxygen atoms in total. The third kappa shape index (κ3) is 4.57. The fourth-order valence-corrected chi connectivity index (χ4v) is 2.46. The maximum Gasteiger partial charge on any atom is 0.119 e. The molecule has 3 heteroatoms. The molecule has 0 bridgehead atoms. The summed E-state index contributed by atoms with van der Waals surface area (Å²) in [6.07, 6.45) is 3.96. The van der Waals surface area contributed by atoms with Crippen LogP contribution in [-0.2, 0) is 0 Å². The van der Waals surface area contributed by atoms with Crippen molar-refractivity contribution >= 4 is 0 Å². The average Bonchev–Trinajstić information content (AvgIpc) is 2.65. The van der Waals surface area contributed by atoms with Crippen LogP contribution in [0.15, 0.2) is 24.3 Å². The smallest absolute Gasteiger partial charge is 0.119 e. The first-order valence-corrected chi connectivity index (χ1v) is 7.13. The van der Waals surface area contributed by atoms with E-state index in [1.54, 1.807) is 12.1 Å². The first kappa shape index (κ1) is 13.9. The highest BCUT2D eigenvalue weighted by Crippen LogP contribution is 2.16. The Morgan fingerprint density at radius 1 is 1.26 bits per heavy atom. The molecule has 1 heterocycles. The summed E-state index contributed by atoms with van der Waals surface area (Å²) in [4.78, 5) is 2.49. The molecule has 0 saturated carbocycles. The first-order valence-electron chi connectivity index (χ1n) is 7.13. The van der Waals surface area contributed by atoms with Crippen LogP contribution >= 0.6 is 0 Å². The molecular formula is C16H22N2O. The molecule has 1 aliphatic rings. The van der Waals surface area contributed by atoms with Crippen LogP contribution in [0.3, 0.4) is 0 Å². The van der Waals surface area contributed by atoms with Crippen LogP contribution in [-0.4, -0.2) is 31.1 Å². The third-order valence-electron chi connectivity index (χ3n) is 3.77. The zero-order valence-corrected chi connectivity index (χ0v) is 11.6. The van der Waals surface area contributed by atoms with Crippen molar-refractivity contribution in [3.05, 3.63) is 29.8 Å². The van der Waals surface area contributed by atoms with E-state index in [1.165, 1.54) is 32.4 Å². The van der Waals surface area contributed by atoms with Gasteiger partial charge in [-0.3, -0.25) is 4.90 Å². The molecule has 1 atom stereocenters. The summed E-state index contributed by atoms with van der Waals surface area (Å²) in [5.41, 5.74) is 0.675. The monoisotopic (exact) mass is 258 g/mol. The molecular weight excluding hydrogens is 236 g/mol. The largest absolute Gasteiger partial charge is 0.492 e. The molecule has 0 aliphatic carbocycles. The van der Waals surface area contributed by atoms with Crippen molar-refractivity contribution in [3.63, 3.8) is 0 Å². The first-order chi connectivity index (χ1) is 9.28. The van der Waals surface area contributed by atoms with Gasteiger partial charge < -0.3 is 4.74 Å². The maximum atomic E-state index is 8.73. The zero-order chi connectivity index (χ0) is 13.5. The van der Waals surface area contributed by atoms with Crippen molar-refractivity contribution in [1.82, 2.24) is 4.90 Å². The Labute approximate surface area is 115 Å². The number of rotatable bonds is 4. The highest BCUT2D eigenvalue weighted by Gasteiger charge is 2.13. The van der Waals surface area contributed by atoms with E-state index in [0.29, 0.717) is 5.56 Å². The lowest BCUT2D eigenvalue weighted by Gasteiger charge is -2.19. The minimum Gasteiger partial charge on any atom is -0.492 e. The summed E-state index contributed by atoms with van der Waals surface area (Å²) < 4.78 is 5.72. The molecule has 1 fully saturated rings. The number of nitriles is 1. The summed E-state index contributed by atoms with van der Waals surface area (Å²) in [6, 6.07) is 9.43. The molecule has 19 heavy (non-hydrogen) atoms. The Hall–Kier alpha value is -1.53. The third-order valence-corrected chi connectivity index (χ3v) is 3.77. The van der Waals surface area contributed by atoms with Gasteiger partial charge in [-0.2, -0.15) is 5.26 Å². The van der Waals surface area contributed by atoms with Crippen LogP contribution in [0.1, 0.15) is 31.7 Å². The Morgan fingerprint density at radius 3 is 2.79 bits per heavy atom. The molecule has 0 radical (unpaired) electrons. The van der Waals surface area contributed by atoms with Gasteiger partial charge in [0, 0.05) is 6.54 Å². The fraction of sp³-hybridized carbons (Fsp3) is 0.562. The lowest BCUT2D eigenvalue weighted by Crippen LogP contribution is -2.29. The van der Waals surface area contributed by atoms with E-state index in [0.717, 1.165) is 24.8 Å². The molecule has 0 N–H and O–H groups in total. The minimum absolute atomic E-state index is 0.675. The number of nitrogens with zero attached hydrogens (tertiary/aromatic N) is 2. The number of hydrogen-bond donors (Lipinski definition) is 0. The van der Waals surface area contributed by atoms with Gasteiger partial charge in [-0.25, -0.2) is 0 Å². The molecule has 0 spiro atoms. The standard InChI is InChI=1S/C16H22N2O/c1-14-3-2-9-18(10-8-14)11-12-19-16-6-4-15(13-17)5-7-16/h4-7,14H,2-3,8-12H2,1H3. The van der Waals surface area contributed by atoms with Crippen LogP contribution in [0.2, 0.25) is 0 Å². The summed E-state index contributed by atoms with van der Waals surface area (Å²) in [5, 5.41) is 8.73. The van der Waals surface area contributed by atoms with E-state index in [2.05, 4.69) is 17.9 Å². The second-order valence-electron chi connectivity index (χ2n) is 5.36. The van der Waals surface area contributed by atoms with Crippen molar-refractivity contribution in [2.45, 2.75) is 26.2 Å². The van der Waals surface area contributed by atoms with Crippen LogP contribution in [0.25, 0.3) is 0 Å². The Morgan fingerprint density at radius 2 is 2.05 bits per heavy atom. The average molecular weight is 258 g/mol. The van der Waals surface area contributed by atoms with Gasteiger partial charge in [-0.05, 0) is 62.5 Å². The van der Waals surface area contributed by atoms with Crippen molar-refractivity contribution in [1.29, 1.82) is 5.26 Å². The van der Waals surface area contributed by atoms with Crippen LogP contribution < -0.4 is 4.74 Å². The summed E-state index contributed by atoms with van der Waals surface area (Å²) >= 11 is 0. The number of likely N-dealkylation sites (tertiary alicyclic amines) is 1. The number of hydrogen-bond acceptors (Lipinski definition) is 3. The van der Waals surface area contributed by atoms with Crippen molar-refractivity contribution in [3.8, 4) is 11.8 Å².